The topological polar surface area (TPSA) is 51.4 Å². The number of halogens is 2. The van der Waals surface area contributed by atoms with E-state index >= 15 is 0 Å². The predicted octanol–water partition coefficient (Wildman–Crippen LogP) is 1.94. The molecule has 2 rings (SSSR count). The summed E-state index contributed by atoms with van der Waals surface area (Å²) in [5, 5.41) is 0.880. The van der Waals surface area contributed by atoms with Crippen molar-refractivity contribution in [1.82, 2.24) is 9.88 Å². The van der Waals surface area contributed by atoms with Crippen LogP contribution in [-0.2, 0) is 11.3 Å². The summed E-state index contributed by atoms with van der Waals surface area (Å²) in [6, 6.07) is 3.70. The summed E-state index contributed by atoms with van der Waals surface area (Å²) in [5.74, 6) is 0. The average Bonchev–Trinajstić information content (AvgIpc) is 2.33. The monoisotopic (exact) mass is 289 g/mol. The number of nitrogens with zero attached hydrogens (tertiary/aromatic N) is 2. The van der Waals surface area contributed by atoms with E-state index in [4.69, 9.17) is 33.7 Å². The van der Waals surface area contributed by atoms with Crippen LogP contribution in [0.3, 0.4) is 0 Å². The molecule has 18 heavy (non-hydrogen) atoms. The van der Waals surface area contributed by atoms with Crippen LogP contribution < -0.4 is 5.73 Å². The summed E-state index contributed by atoms with van der Waals surface area (Å²) in [4.78, 5) is 6.31. The molecular weight excluding hydrogens is 273 g/mol. The van der Waals surface area contributed by atoms with Crippen molar-refractivity contribution in [3.63, 3.8) is 0 Å². The van der Waals surface area contributed by atoms with Crippen LogP contribution in [0, 0.1) is 0 Å². The van der Waals surface area contributed by atoms with Crippen molar-refractivity contribution in [2.45, 2.75) is 25.6 Å². The molecule has 2 N–H and O–H groups in total. The Morgan fingerprint density at radius 2 is 2.33 bits per heavy atom. The second kappa shape index (κ2) is 6.17. The number of hydrogen-bond acceptors (Lipinski definition) is 4. The Labute approximate surface area is 117 Å². The Morgan fingerprint density at radius 3 is 3.00 bits per heavy atom. The minimum atomic E-state index is 0.0339. The Hall–Kier alpha value is -0.390. The molecule has 6 heteroatoms. The lowest BCUT2D eigenvalue weighted by molar-refractivity contribution is -0.0403. The van der Waals surface area contributed by atoms with Gasteiger partial charge in [-0.05, 0) is 13.0 Å². The standard InChI is InChI=1S/C12H17Cl2N3O/c1-8(15)10-7-17(4-5-18-10)6-9-2-3-11(13)16-12(9)14/h2-3,8,10H,4-7,15H2,1H3. The molecule has 100 valence electrons. The van der Waals surface area contributed by atoms with E-state index in [1.807, 2.05) is 13.0 Å². The van der Waals surface area contributed by atoms with Crippen molar-refractivity contribution in [2.24, 2.45) is 5.73 Å². The third-order valence-electron chi connectivity index (χ3n) is 3.05. The van der Waals surface area contributed by atoms with Gasteiger partial charge < -0.3 is 10.5 Å². The van der Waals surface area contributed by atoms with E-state index in [2.05, 4.69) is 9.88 Å². The smallest absolute Gasteiger partial charge is 0.135 e. The first-order valence-corrected chi connectivity index (χ1v) is 6.72. The molecule has 0 aliphatic carbocycles. The number of rotatable bonds is 3. The highest BCUT2D eigenvalue weighted by Crippen LogP contribution is 2.19. The Bertz CT molecular complexity index is 414. The molecule has 1 fully saturated rings. The van der Waals surface area contributed by atoms with Crippen molar-refractivity contribution in [3.05, 3.63) is 28.0 Å². The van der Waals surface area contributed by atoms with Crippen molar-refractivity contribution in [2.75, 3.05) is 19.7 Å². The molecule has 0 spiro atoms. The Balaban J connectivity index is 2.00. The summed E-state index contributed by atoms with van der Waals surface area (Å²) in [7, 11) is 0. The maximum Gasteiger partial charge on any atom is 0.135 e. The van der Waals surface area contributed by atoms with Gasteiger partial charge in [0, 0.05) is 31.2 Å². The average molecular weight is 290 g/mol. The lowest BCUT2D eigenvalue weighted by Crippen LogP contribution is -2.49. The second-order valence-corrected chi connectivity index (χ2v) is 5.33. The highest BCUT2D eigenvalue weighted by molar-refractivity contribution is 6.32. The molecule has 1 aromatic heterocycles. The van der Waals surface area contributed by atoms with Gasteiger partial charge in [0.2, 0.25) is 0 Å². The number of morpholine rings is 1. The van der Waals surface area contributed by atoms with Crippen LogP contribution in [0.1, 0.15) is 12.5 Å². The highest BCUT2D eigenvalue weighted by Gasteiger charge is 2.23. The maximum atomic E-state index is 6.07. The van der Waals surface area contributed by atoms with Gasteiger partial charge >= 0.3 is 0 Å². The van der Waals surface area contributed by atoms with Gasteiger partial charge in [-0.25, -0.2) is 4.98 Å². The molecule has 0 amide bonds. The van der Waals surface area contributed by atoms with Crippen LogP contribution in [0.25, 0.3) is 0 Å². The van der Waals surface area contributed by atoms with Crippen molar-refractivity contribution in [3.8, 4) is 0 Å². The first kappa shape index (κ1) is 14.0. The fraction of sp³-hybridized carbons (Fsp3) is 0.583. The van der Waals surface area contributed by atoms with Crippen LogP contribution >= 0.6 is 23.2 Å². The van der Waals surface area contributed by atoms with Gasteiger partial charge in [0.25, 0.3) is 0 Å². The minimum Gasteiger partial charge on any atom is -0.374 e. The van der Waals surface area contributed by atoms with E-state index in [9.17, 15) is 0 Å². The molecular formula is C12H17Cl2N3O. The van der Waals surface area contributed by atoms with Crippen molar-refractivity contribution >= 4 is 23.2 Å². The van der Waals surface area contributed by atoms with E-state index in [0.29, 0.717) is 16.9 Å². The predicted molar refractivity (Wildman–Crippen MR) is 72.9 cm³/mol. The first-order chi connectivity index (χ1) is 8.56. The van der Waals surface area contributed by atoms with Crippen LogP contribution in [0.15, 0.2) is 12.1 Å². The van der Waals surface area contributed by atoms with Gasteiger partial charge in [-0.3, -0.25) is 4.90 Å². The molecule has 2 atom stereocenters. The zero-order chi connectivity index (χ0) is 13.1. The first-order valence-electron chi connectivity index (χ1n) is 5.96. The molecule has 0 radical (unpaired) electrons. The number of ether oxygens (including phenoxy) is 1. The molecule has 2 heterocycles. The number of pyridine rings is 1. The normalized spacial score (nSPS) is 23.0. The van der Waals surface area contributed by atoms with Crippen molar-refractivity contribution < 1.29 is 4.74 Å². The largest absolute Gasteiger partial charge is 0.374 e. The van der Waals surface area contributed by atoms with Gasteiger partial charge in [-0.2, -0.15) is 0 Å². The van der Waals surface area contributed by atoms with Crippen LogP contribution in [0.4, 0.5) is 0 Å². The maximum absolute atomic E-state index is 6.07. The third-order valence-corrected chi connectivity index (χ3v) is 3.59. The van der Waals surface area contributed by atoms with Gasteiger partial charge in [-0.15, -0.1) is 0 Å². The van der Waals surface area contributed by atoms with Crippen LogP contribution in [0.5, 0.6) is 0 Å². The fourth-order valence-electron chi connectivity index (χ4n) is 1.99. The summed E-state index contributed by atoms with van der Waals surface area (Å²) in [6.07, 6.45) is 0.0813. The molecule has 4 nitrogen and oxygen atoms in total. The van der Waals surface area contributed by atoms with E-state index < -0.39 is 0 Å². The molecule has 1 aliphatic rings. The SMILES string of the molecule is CC(N)C1CN(Cc2ccc(Cl)nc2Cl)CCO1. The van der Waals surface area contributed by atoms with E-state index in [-0.39, 0.29) is 12.1 Å². The lowest BCUT2D eigenvalue weighted by atomic mass is 10.1. The summed E-state index contributed by atoms with van der Waals surface area (Å²) in [6.45, 7) is 5.10. The van der Waals surface area contributed by atoms with E-state index in [1.54, 1.807) is 6.07 Å². The number of hydrogen-bond donors (Lipinski definition) is 1. The Morgan fingerprint density at radius 1 is 1.56 bits per heavy atom. The van der Waals surface area contributed by atoms with E-state index in [1.165, 1.54) is 0 Å². The third kappa shape index (κ3) is 3.56. The zero-order valence-corrected chi connectivity index (χ0v) is 11.8. The lowest BCUT2D eigenvalue weighted by Gasteiger charge is -2.34. The second-order valence-electron chi connectivity index (χ2n) is 4.59. The van der Waals surface area contributed by atoms with E-state index in [0.717, 1.165) is 25.2 Å². The van der Waals surface area contributed by atoms with Crippen LogP contribution in [-0.4, -0.2) is 41.7 Å². The molecule has 1 aromatic rings. The Kier molecular flexibility index (Phi) is 4.81. The number of aromatic nitrogens is 1. The molecule has 0 saturated carbocycles. The summed E-state index contributed by atoms with van der Waals surface area (Å²) >= 11 is 11.8. The summed E-state index contributed by atoms with van der Waals surface area (Å²) < 4.78 is 5.62. The van der Waals surface area contributed by atoms with Gasteiger partial charge in [0.05, 0.1) is 12.7 Å². The fourth-order valence-corrected chi connectivity index (χ4v) is 2.40. The molecule has 1 aliphatic heterocycles. The minimum absolute atomic E-state index is 0.0339. The van der Waals surface area contributed by atoms with Crippen LogP contribution in [0.2, 0.25) is 10.3 Å². The van der Waals surface area contributed by atoms with Gasteiger partial charge in [0.1, 0.15) is 10.3 Å². The molecule has 0 bridgehead atoms. The number of nitrogens with two attached hydrogens (primary N) is 1. The summed E-state index contributed by atoms with van der Waals surface area (Å²) in [5.41, 5.74) is 6.84. The zero-order valence-electron chi connectivity index (χ0n) is 10.3. The highest BCUT2D eigenvalue weighted by atomic mass is 35.5. The van der Waals surface area contributed by atoms with Gasteiger partial charge in [0.15, 0.2) is 0 Å². The molecule has 2 unspecified atom stereocenters. The van der Waals surface area contributed by atoms with Gasteiger partial charge in [-0.1, -0.05) is 29.3 Å². The quantitative estimate of drug-likeness (QED) is 0.864. The molecule has 1 saturated heterocycles. The molecule has 0 aromatic carbocycles. The van der Waals surface area contributed by atoms with Crippen molar-refractivity contribution in [1.29, 1.82) is 0 Å².